The van der Waals surface area contributed by atoms with Crippen LogP contribution in [0.15, 0.2) is 24.3 Å². The second-order valence-electron chi connectivity index (χ2n) is 1.91. The lowest BCUT2D eigenvalue weighted by atomic mass is 10.2. The summed E-state index contributed by atoms with van der Waals surface area (Å²) in [6.45, 7) is 6.01. The van der Waals surface area contributed by atoms with E-state index in [-0.39, 0.29) is 0 Å². The standard InChI is InChI=1S/C7H8OS.C2H6/c1-6-3-2-4-7(5-6)8-9;1-2/h2-5,9H,1H3;1-2H3. The fraction of sp³-hybridized carbons (Fsp3) is 0.333. The molecule has 0 aromatic heterocycles. The molecule has 1 aromatic carbocycles. The Labute approximate surface area is 74.0 Å². The smallest absolute Gasteiger partial charge is 0.137 e. The van der Waals surface area contributed by atoms with Crippen LogP contribution in [0, 0.1) is 6.92 Å². The van der Waals surface area contributed by atoms with E-state index in [0.29, 0.717) is 0 Å². The van der Waals surface area contributed by atoms with Crippen LogP contribution >= 0.6 is 12.9 Å². The Hall–Kier alpha value is -0.630. The number of hydrogen-bond acceptors (Lipinski definition) is 2. The van der Waals surface area contributed by atoms with E-state index in [1.54, 1.807) is 0 Å². The summed E-state index contributed by atoms with van der Waals surface area (Å²) in [6, 6.07) is 7.73. The Bertz CT molecular complexity index is 199. The van der Waals surface area contributed by atoms with Crippen molar-refractivity contribution in [2.24, 2.45) is 0 Å². The van der Waals surface area contributed by atoms with Gasteiger partial charge in [0.15, 0.2) is 0 Å². The van der Waals surface area contributed by atoms with E-state index in [1.807, 2.05) is 45.0 Å². The molecule has 0 atom stereocenters. The molecule has 0 amide bonds. The fourth-order valence-electron chi connectivity index (χ4n) is 0.672. The van der Waals surface area contributed by atoms with Gasteiger partial charge in [-0.05, 0) is 24.6 Å². The maximum atomic E-state index is 4.69. The summed E-state index contributed by atoms with van der Waals surface area (Å²) in [5.41, 5.74) is 1.18. The topological polar surface area (TPSA) is 9.23 Å². The molecule has 0 N–H and O–H groups in total. The van der Waals surface area contributed by atoms with Crippen LogP contribution in [0.4, 0.5) is 0 Å². The molecule has 1 nitrogen and oxygen atoms in total. The maximum absolute atomic E-state index is 4.69. The van der Waals surface area contributed by atoms with Crippen LogP contribution in [0.25, 0.3) is 0 Å². The summed E-state index contributed by atoms with van der Waals surface area (Å²) in [5, 5.41) is 0. The van der Waals surface area contributed by atoms with Gasteiger partial charge in [-0.2, -0.15) is 0 Å². The summed E-state index contributed by atoms with van der Waals surface area (Å²) < 4.78 is 4.69. The monoisotopic (exact) mass is 170 g/mol. The zero-order chi connectivity index (χ0) is 8.69. The predicted molar refractivity (Wildman–Crippen MR) is 52.1 cm³/mol. The van der Waals surface area contributed by atoms with E-state index >= 15 is 0 Å². The van der Waals surface area contributed by atoms with Crippen LogP contribution in [-0.2, 0) is 0 Å². The van der Waals surface area contributed by atoms with Crippen LogP contribution < -0.4 is 4.18 Å². The van der Waals surface area contributed by atoms with Crippen LogP contribution in [0.3, 0.4) is 0 Å². The van der Waals surface area contributed by atoms with E-state index in [9.17, 15) is 0 Å². The lowest BCUT2D eigenvalue weighted by Gasteiger charge is -1.96. The average Bonchev–Trinajstić information content (AvgIpc) is 2.08. The number of benzene rings is 1. The molecule has 0 bridgehead atoms. The van der Waals surface area contributed by atoms with Gasteiger partial charge in [0, 0.05) is 12.9 Å². The van der Waals surface area contributed by atoms with Crippen molar-refractivity contribution in [3.8, 4) is 5.75 Å². The molecular weight excluding hydrogens is 156 g/mol. The Balaban J connectivity index is 0.000000461. The molecule has 0 aliphatic carbocycles. The molecule has 1 rings (SSSR count). The largest absolute Gasteiger partial charge is 0.429 e. The molecule has 0 saturated carbocycles. The molecule has 0 saturated heterocycles. The quantitative estimate of drug-likeness (QED) is 0.503. The first kappa shape index (κ1) is 10.4. The molecule has 0 unspecified atom stereocenters. The van der Waals surface area contributed by atoms with Gasteiger partial charge in [0.1, 0.15) is 5.75 Å². The Morgan fingerprint density at radius 3 is 2.27 bits per heavy atom. The van der Waals surface area contributed by atoms with Gasteiger partial charge in [-0.25, -0.2) is 0 Å². The molecule has 2 heteroatoms. The van der Waals surface area contributed by atoms with E-state index in [0.717, 1.165) is 5.75 Å². The average molecular weight is 170 g/mol. The lowest BCUT2D eigenvalue weighted by Crippen LogP contribution is -1.74. The summed E-state index contributed by atoms with van der Waals surface area (Å²) in [4.78, 5) is 0. The highest BCUT2D eigenvalue weighted by atomic mass is 32.1. The van der Waals surface area contributed by atoms with Crippen LogP contribution in [0.2, 0.25) is 0 Å². The number of aryl methyl sites for hydroxylation is 1. The zero-order valence-corrected chi connectivity index (χ0v) is 8.06. The van der Waals surface area contributed by atoms with E-state index in [2.05, 4.69) is 17.1 Å². The molecule has 1 aromatic rings. The van der Waals surface area contributed by atoms with Crippen molar-refractivity contribution >= 4 is 12.9 Å². The Morgan fingerprint density at radius 1 is 1.27 bits per heavy atom. The molecular formula is C9H14OS. The van der Waals surface area contributed by atoms with Crippen molar-refractivity contribution in [3.63, 3.8) is 0 Å². The van der Waals surface area contributed by atoms with Crippen molar-refractivity contribution in [1.82, 2.24) is 0 Å². The third-order valence-corrected chi connectivity index (χ3v) is 1.31. The van der Waals surface area contributed by atoms with E-state index in [4.69, 9.17) is 0 Å². The minimum atomic E-state index is 0.790. The van der Waals surface area contributed by atoms with Crippen molar-refractivity contribution in [2.45, 2.75) is 20.8 Å². The molecule has 0 aliphatic rings. The van der Waals surface area contributed by atoms with Gasteiger partial charge in [0.05, 0.1) is 0 Å². The summed E-state index contributed by atoms with van der Waals surface area (Å²) in [6.07, 6.45) is 0. The molecule has 0 spiro atoms. The second kappa shape index (κ2) is 6.10. The van der Waals surface area contributed by atoms with Crippen molar-refractivity contribution in [1.29, 1.82) is 0 Å². The van der Waals surface area contributed by atoms with E-state index < -0.39 is 0 Å². The first-order chi connectivity index (χ1) is 5.33. The van der Waals surface area contributed by atoms with E-state index in [1.165, 1.54) is 5.56 Å². The van der Waals surface area contributed by atoms with Crippen LogP contribution in [-0.4, -0.2) is 0 Å². The lowest BCUT2D eigenvalue weighted by molar-refractivity contribution is 0.658. The Kier molecular flexibility index (Phi) is 5.75. The van der Waals surface area contributed by atoms with Gasteiger partial charge in [-0.1, -0.05) is 26.0 Å². The minimum absolute atomic E-state index is 0.790. The number of hydrogen-bond donors (Lipinski definition) is 1. The first-order valence-electron chi connectivity index (χ1n) is 3.71. The number of rotatable bonds is 1. The van der Waals surface area contributed by atoms with Crippen molar-refractivity contribution in [3.05, 3.63) is 29.8 Å². The highest BCUT2D eigenvalue weighted by Gasteiger charge is 1.87. The van der Waals surface area contributed by atoms with Gasteiger partial charge in [-0.15, -0.1) is 0 Å². The molecule has 62 valence electrons. The second-order valence-corrected chi connectivity index (χ2v) is 2.09. The van der Waals surface area contributed by atoms with Crippen LogP contribution in [0.1, 0.15) is 19.4 Å². The molecule has 0 fully saturated rings. The minimum Gasteiger partial charge on any atom is -0.429 e. The van der Waals surface area contributed by atoms with Crippen molar-refractivity contribution in [2.75, 3.05) is 0 Å². The van der Waals surface area contributed by atoms with Gasteiger partial charge in [-0.3, -0.25) is 0 Å². The summed E-state index contributed by atoms with van der Waals surface area (Å²) >= 11 is 3.66. The van der Waals surface area contributed by atoms with Gasteiger partial charge in [0.2, 0.25) is 0 Å². The third kappa shape index (κ3) is 3.94. The highest BCUT2D eigenvalue weighted by molar-refractivity contribution is 7.75. The van der Waals surface area contributed by atoms with Gasteiger partial charge >= 0.3 is 0 Å². The van der Waals surface area contributed by atoms with Crippen LogP contribution in [0.5, 0.6) is 5.75 Å². The molecule has 0 heterocycles. The fourth-order valence-corrected chi connectivity index (χ4v) is 0.786. The predicted octanol–water partition coefficient (Wildman–Crippen LogP) is 3.24. The maximum Gasteiger partial charge on any atom is 0.137 e. The van der Waals surface area contributed by atoms with Gasteiger partial charge in [0.25, 0.3) is 0 Å². The van der Waals surface area contributed by atoms with Gasteiger partial charge < -0.3 is 4.18 Å². The summed E-state index contributed by atoms with van der Waals surface area (Å²) in [7, 11) is 0. The number of thiol groups is 1. The SMILES string of the molecule is CC.Cc1cccc(OS)c1. The Morgan fingerprint density at radius 2 is 1.91 bits per heavy atom. The molecule has 11 heavy (non-hydrogen) atoms. The summed E-state index contributed by atoms with van der Waals surface area (Å²) in [5.74, 6) is 0.790. The molecule has 0 radical (unpaired) electrons. The third-order valence-electron chi connectivity index (χ3n) is 1.09. The zero-order valence-electron chi connectivity index (χ0n) is 7.16. The highest BCUT2D eigenvalue weighted by Crippen LogP contribution is 2.12. The molecule has 0 aliphatic heterocycles. The van der Waals surface area contributed by atoms with Crippen molar-refractivity contribution < 1.29 is 4.18 Å². The first-order valence-corrected chi connectivity index (χ1v) is 4.07. The normalized spacial score (nSPS) is 8.00.